The van der Waals surface area contributed by atoms with Crippen LogP contribution < -0.4 is 10.2 Å². The Hall–Kier alpha value is -1.75. The molecule has 23 heavy (non-hydrogen) atoms. The maximum atomic E-state index is 12.3. The smallest absolute Gasteiger partial charge is 0.317 e. The van der Waals surface area contributed by atoms with Crippen molar-refractivity contribution in [3.63, 3.8) is 0 Å². The normalized spacial score (nSPS) is 17.4. The van der Waals surface area contributed by atoms with Crippen molar-refractivity contribution in [1.29, 1.82) is 0 Å². The Morgan fingerprint density at radius 1 is 1.35 bits per heavy atom. The number of halogens is 1. The molecule has 1 aromatic carbocycles. The summed E-state index contributed by atoms with van der Waals surface area (Å²) >= 11 is 5.88. The summed E-state index contributed by atoms with van der Waals surface area (Å²) < 4.78 is 0. The monoisotopic (exact) mass is 337 g/mol. The third-order valence-corrected chi connectivity index (χ3v) is 4.29. The molecule has 0 bridgehead atoms. The molecule has 1 saturated heterocycles. The van der Waals surface area contributed by atoms with Crippen molar-refractivity contribution in [2.75, 3.05) is 24.5 Å². The number of unbranched alkanes of at least 4 members (excludes halogenated alkanes) is 1. The second kappa shape index (κ2) is 8.20. The first kappa shape index (κ1) is 17.6. The molecule has 0 aliphatic carbocycles. The average Bonchev–Trinajstić information content (AvgIpc) is 2.89. The van der Waals surface area contributed by atoms with Crippen molar-refractivity contribution in [3.05, 3.63) is 29.3 Å². The first-order valence-corrected chi connectivity index (χ1v) is 8.54. The summed E-state index contributed by atoms with van der Waals surface area (Å²) in [6, 6.07) is 6.94. The topological polar surface area (TPSA) is 52.7 Å². The standard InChI is InChI=1S/C17H24ClN3O2/c1-3-5-10-20(4-2)17(23)19-14-11-16(22)21(12-14)15-8-6-13(18)7-9-15/h6-9,14H,3-5,10-12H2,1-2H3,(H,19,23). The Morgan fingerprint density at radius 3 is 2.65 bits per heavy atom. The third kappa shape index (κ3) is 4.61. The van der Waals surface area contributed by atoms with Crippen molar-refractivity contribution >= 4 is 29.2 Å². The molecule has 0 saturated carbocycles. The van der Waals surface area contributed by atoms with E-state index in [-0.39, 0.29) is 18.0 Å². The number of carbonyl (C=O) groups is 2. The van der Waals surface area contributed by atoms with Gasteiger partial charge in [-0.2, -0.15) is 0 Å². The summed E-state index contributed by atoms with van der Waals surface area (Å²) in [6.45, 7) is 5.99. The second-order valence-electron chi connectivity index (χ2n) is 5.76. The van der Waals surface area contributed by atoms with E-state index < -0.39 is 0 Å². The summed E-state index contributed by atoms with van der Waals surface area (Å²) in [6.07, 6.45) is 2.37. The number of nitrogens with zero attached hydrogens (tertiary/aromatic N) is 2. The van der Waals surface area contributed by atoms with Gasteiger partial charge in [-0.3, -0.25) is 4.79 Å². The first-order chi connectivity index (χ1) is 11.0. The number of amides is 3. The fourth-order valence-corrected chi connectivity index (χ4v) is 2.82. The molecule has 1 unspecified atom stereocenters. The van der Waals surface area contributed by atoms with Gasteiger partial charge >= 0.3 is 6.03 Å². The Bertz CT molecular complexity index is 547. The molecule has 1 fully saturated rings. The minimum atomic E-state index is -0.152. The van der Waals surface area contributed by atoms with E-state index in [9.17, 15) is 9.59 Å². The highest BCUT2D eigenvalue weighted by Crippen LogP contribution is 2.23. The van der Waals surface area contributed by atoms with Crippen LogP contribution in [0.3, 0.4) is 0 Å². The van der Waals surface area contributed by atoms with Crippen LogP contribution in [-0.2, 0) is 4.79 Å². The average molecular weight is 338 g/mol. The molecule has 1 aromatic rings. The lowest BCUT2D eigenvalue weighted by Gasteiger charge is -2.23. The molecule has 1 N–H and O–H groups in total. The molecule has 6 heteroatoms. The van der Waals surface area contributed by atoms with Gasteiger partial charge in [0.05, 0.1) is 6.04 Å². The van der Waals surface area contributed by atoms with E-state index in [0.717, 1.165) is 25.1 Å². The van der Waals surface area contributed by atoms with Crippen LogP contribution in [0.4, 0.5) is 10.5 Å². The largest absolute Gasteiger partial charge is 0.333 e. The van der Waals surface area contributed by atoms with Gasteiger partial charge in [0.15, 0.2) is 0 Å². The van der Waals surface area contributed by atoms with Crippen LogP contribution in [0.25, 0.3) is 0 Å². The summed E-state index contributed by atoms with van der Waals surface area (Å²) in [5.41, 5.74) is 0.814. The molecule has 3 amide bonds. The molecular weight excluding hydrogens is 314 g/mol. The van der Waals surface area contributed by atoms with E-state index >= 15 is 0 Å². The molecule has 0 spiro atoms. The highest BCUT2D eigenvalue weighted by molar-refractivity contribution is 6.30. The molecule has 1 aliphatic heterocycles. The van der Waals surface area contributed by atoms with E-state index in [2.05, 4.69) is 12.2 Å². The zero-order valence-electron chi connectivity index (χ0n) is 13.7. The first-order valence-electron chi connectivity index (χ1n) is 8.16. The van der Waals surface area contributed by atoms with Crippen LogP contribution >= 0.6 is 11.6 Å². The van der Waals surface area contributed by atoms with Gasteiger partial charge in [-0.1, -0.05) is 24.9 Å². The lowest BCUT2D eigenvalue weighted by atomic mass is 10.2. The number of hydrogen-bond donors (Lipinski definition) is 1. The number of rotatable bonds is 6. The number of carbonyl (C=O) groups excluding carboxylic acids is 2. The van der Waals surface area contributed by atoms with Crippen molar-refractivity contribution in [2.24, 2.45) is 0 Å². The van der Waals surface area contributed by atoms with Crippen molar-refractivity contribution < 1.29 is 9.59 Å². The van der Waals surface area contributed by atoms with Crippen LogP contribution in [0.15, 0.2) is 24.3 Å². The number of urea groups is 1. The molecule has 1 aliphatic rings. The summed E-state index contributed by atoms with van der Waals surface area (Å²) in [5.74, 6) is 0.0224. The van der Waals surface area contributed by atoms with Gasteiger partial charge in [0.2, 0.25) is 5.91 Å². The maximum absolute atomic E-state index is 12.3. The van der Waals surface area contributed by atoms with Crippen LogP contribution in [-0.4, -0.2) is 42.5 Å². The van der Waals surface area contributed by atoms with E-state index in [1.807, 2.05) is 19.1 Å². The number of benzene rings is 1. The third-order valence-electron chi connectivity index (χ3n) is 4.04. The highest BCUT2D eigenvalue weighted by Gasteiger charge is 2.32. The molecule has 126 valence electrons. The SMILES string of the molecule is CCCCN(CC)C(=O)NC1CC(=O)N(c2ccc(Cl)cc2)C1. The zero-order valence-corrected chi connectivity index (χ0v) is 14.5. The van der Waals surface area contributed by atoms with Crippen molar-refractivity contribution in [3.8, 4) is 0 Å². The number of nitrogens with one attached hydrogen (secondary N) is 1. The Balaban J connectivity index is 1.94. The molecular formula is C17H24ClN3O2. The van der Waals surface area contributed by atoms with Crippen LogP contribution in [0.2, 0.25) is 5.02 Å². The van der Waals surface area contributed by atoms with Gasteiger partial charge in [-0.25, -0.2) is 4.79 Å². The Morgan fingerprint density at radius 2 is 2.04 bits per heavy atom. The molecule has 1 atom stereocenters. The second-order valence-corrected chi connectivity index (χ2v) is 6.20. The Kier molecular flexibility index (Phi) is 6.28. The van der Waals surface area contributed by atoms with E-state index in [0.29, 0.717) is 24.5 Å². The van der Waals surface area contributed by atoms with E-state index in [1.165, 1.54) is 0 Å². The van der Waals surface area contributed by atoms with Gasteiger partial charge in [-0.15, -0.1) is 0 Å². The predicted molar refractivity (Wildman–Crippen MR) is 92.9 cm³/mol. The fraction of sp³-hybridized carbons (Fsp3) is 0.529. The lowest BCUT2D eigenvalue weighted by molar-refractivity contribution is -0.117. The minimum absolute atomic E-state index is 0.0224. The molecule has 1 heterocycles. The van der Waals surface area contributed by atoms with Crippen LogP contribution in [0.5, 0.6) is 0 Å². The predicted octanol–water partition coefficient (Wildman–Crippen LogP) is 3.28. The van der Waals surface area contributed by atoms with Gasteiger partial charge in [0.25, 0.3) is 0 Å². The fourth-order valence-electron chi connectivity index (χ4n) is 2.69. The van der Waals surface area contributed by atoms with Gasteiger partial charge < -0.3 is 15.1 Å². The highest BCUT2D eigenvalue weighted by atomic mass is 35.5. The van der Waals surface area contributed by atoms with Crippen LogP contribution in [0, 0.1) is 0 Å². The van der Waals surface area contributed by atoms with Crippen molar-refractivity contribution in [1.82, 2.24) is 10.2 Å². The summed E-state index contributed by atoms with van der Waals surface area (Å²) in [4.78, 5) is 28.0. The minimum Gasteiger partial charge on any atom is -0.333 e. The maximum Gasteiger partial charge on any atom is 0.317 e. The Labute approximate surface area is 142 Å². The van der Waals surface area contributed by atoms with Crippen LogP contribution in [0.1, 0.15) is 33.1 Å². The van der Waals surface area contributed by atoms with Gasteiger partial charge in [-0.05, 0) is 37.6 Å². The zero-order chi connectivity index (χ0) is 16.8. The number of anilines is 1. The quantitative estimate of drug-likeness (QED) is 0.866. The summed E-state index contributed by atoms with van der Waals surface area (Å²) in [7, 11) is 0. The summed E-state index contributed by atoms with van der Waals surface area (Å²) in [5, 5.41) is 3.62. The van der Waals surface area contributed by atoms with E-state index in [1.54, 1.807) is 21.9 Å². The molecule has 5 nitrogen and oxygen atoms in total. The molecule has 0 radical (unpaired) electrons. The van der Waals surface area contributed by atoms with Gasteiger partial charge in [0.1, 0.15) is 0 Å². The molecule has 0 aromatic heterocycles. The van der Waals surface area contributed by atoms with E-state index in [4.69, 9.17) is 11.6 Å². The van der Waals surface area contributed by atoms with Gasteiger partial charge in [0, 0.05) is 36.8 Å². The lowest BCUT2D eigenvalue weighted by Crippen LogP contribution is -2.46. The van der Waals surface area contributed by atoms with Crippen molar-refractivity contribution in [2.45, 2.75) is 39.2 Å². The number of hydrogen-bond acceptors (Lipinski definition) is 2. The molecule has 2 rings (SSSR count).